The van der Waals surface area contributed by atoms with Crippen molar-refractivity contribution >= 4 is 44.8 Å². The van der Waals surface area contributed by atoms with Crippen LogP contribution in [-0.2, 0) is 6.54 Å². The monoisotopic (exact) mass is 622 g/mol. The number of para-hydroxylation sites is 1. The first kappa shape index (κ1) is 27.7. The van der Waals surface area contributed by atoms with E-state index in [0.717, 1.165) is 30.0 Å². The molecule has 1 fully saturated rings. The summed E-state index contributed by atoms with van der Waals surface area (Å²) in [6.45, 7) is 6.31. The fourth-order valence-corrected chi connectivity index (χ4v) is 6.64. The molecule has 2 aliphatic heterocycles. The number of pyridine rings is 1. The average Bonchev–Trinajstić information content (AvgIpc) is 3.00. The van der Waals surface area contributed by atoms with Crippen LogP contribution in [0.25, 0.3) is 0 Å². The Morgan fingerprint density at radius 2 is 1.74 bits per heavy atom. The molecule has 0 spiro atoms. The second kappa shape index (κ2) is 11.8. The summed E-state index contributed by atoms with van der Waals surface area (Å²) in [5.74, 6) is 0.0348. The number of aromatic nitrogens is 1. The molecule has 0 aliphatic carbocycles. The van der Waals surface area contributed by atoms with Gasteiger partial charge < -0.3 is 19.7 Å². The summed E-state index contributed by atoms with van der Waals surface area (Å²) >= 11 is 3.49. The Kier molecular flexibility index (Phi) is 7.80. The highest BCUT2D eigenvalue weighted by molar-refractivity contribution is 9.10. The van der Waals surface area contributed by atoms with Gasteiger partial charge in [0.15, 0.2) is 0 Å². The number of anilines is 3. The first-order chi connectivity index (χ1) is 20.4. The molecule has 6 rings (SSSR count). The second-order valence-electron chi connectivity index (χ2n) is 10.8. The summed E-state index contributed by atoms with van der Waals surface area (Å²) in [5.41, 5.74) is 4.24. The van der Waals surface area contributed by atoms with Crippen molar-refractivity contribution in [1.29, 1.82) is 0 Å². The summed E-state index contributed by atoms with van der Waals surface area (Å²) in [6.07, 6.45) is 2.72. The molecule has 7 nitrogen and oxygen atoms in total. The van der Waals surface area contributed by atoms with Gasteiger partial charge in [-0.05, 0) is 76.8 Å². The zero-order valence-corrected chi connectivity index (χ0v) is 24.7. The van der Waals surface area contributed by atoms with Gasteiger partial charge in [0, 0.05) is 59.6 Å². The van der Waals surface area contributed by atoms with Crippen LogP contribution in [0.2, 0.25) is 0 Å². The van der Waals surface area contributed by atoms with E-state index in [-0.39, 0.29) is 23.3 Å². The van der Waals surface area contributed by atoms with Crippen molar-refractivity contribution in [3.8, 4) is 0 Å². The van der Waals surface area contributed by atoms with Gasteiger partial charge >= 0.3 is 0 Å². The van der Waals surface area contributed by atoms with Crippen LogP contribution in [0.1, 0.15) is 38.7 Å². The highest BCUT2D eigenvalue weighted by Gasteiger charge is 2.35. The molecule has 212 valence electrons. The van der Waals surface area contributed by atoms with Gasteiger partial charge in [0.25, 0.3) is 17.4 Å². The van der Waals surface area contributed by atoms with Crippen molar-refractivity contribution in [3.63, 3.8) is 0 Å². The third-order valence-electron chi connectivity index (χ3n) is 8.06. The Balaban J connectivity index is 1.38. The van der Waals surface area contributed by atoms with Crippen LogP contribution in [-0.4, -0.2) is 36.0 Å². The van der Waals surface area contributed by atoms with Gasteiger partial charge in [0.1, 0.15) is 0 Å². The maximum absolute atomic E-state index is 13.8. The maximum Gasteiger partial charge on any atom is 0.258 e. The quantitative estimate of drug-likeness (QED) is 0.245. The minimum atomic E-state index is -0.270. The first-order valence-corrected chi connectivity index (χ1v) is 14.8. The van der Waals surface area contributed by atoms with E-state index in [1.165, 1.54) is 0 Å². The topological polar surface area (TPSA) is 74.7 Å². The normalized spacial score (nSPS) is 17.2. The van der Waals surface area contributed by atoms with Crippen molar-refractivity contribution < 1.29 is 9.59 Å². The molecule has 2 unspecified atom stereocenters. The highest BCUT2D eigenvalue weighted by atomic mass is 79.9. The molecule has 4 aromatic rings. The van der Waals surface area contributed by atoms with E-state index in [1.807, 2.05) is 77.4 Å². The fourth-order valence-electron chi connectivity index (χ4n) is 6.17. The smallest absolute Gasteiger partial charge is 0.258 e. The lowest BCUT2D eigenvalue weighted by Gasteiger charge is -2.44. The third-order valence-corrected chi connectivity index (χ3v) is 8.75. The van der Waals surface area contributed by atoms with Crippen LogP contribution < -0.4 is 20.7 Å². The Morgan fingerprint density at radius 3 is 2.52 bits per heavy atom. The fraction of sp³-hybridized carbons (Fsp3) is 0.206. The number of rotatable bonds is 7. The van der Waals surface area contributed by atoms with E-state index >= 15 is 0 Å². The molecule has 0 radical (unpaired) electrons. The number of nitrogens with zero attached hydrogens (tertiary/aromatic N) is 3. The number of benzene rings is 3. The molecule has 42 heavy (non-hydrogen) atoms. The van der Waals surface area contributed by atoms with E-state index in [0.29, 0.717) is 46.8 Å². The molecule has 3 heterocycles. The van der Waals surface area contributed by atoms with Crippen molar-refractivity contribution in [3.05, 3.63) is 135 Å². The van der Waals surface area contributed by atoms with Gasteiger partial charge in [-0.15, -0.1) is 6.58 Å². The largest absolute Gasteiger partial charge is 0.369 e. The van der Waals surface area contributed by atoms with Crippen LogP contribution in [0.3, 0.4) is 0 Å². The molecule has 2 aliphatic rings. The summed E-state index contributed by atoms with van der Waals surface area (Å²) in [7, 11) is 0. The molecule has 2 amide bonds. The van der Waals surface area contributed by atoms with Gasteiger partial charge in [-0.25, -0.2) is 0 Å². The van der Waals surface area contributed by atoms with E-state index in [1.54, 1.807) is 29.2 Å². The Bertz CT molecular complexity index is 1720. The SMILES string of the molecule is C=CCN(C(=O)c1ccc(N2CC3CC(C2)c2cccc(=O)n2C3)c(NC(=O)c2ccccc2Br)c1)c1ccccc1. The molecular weight excluding hydrogens is 592 g/mol. The highest BCUT2D eigenvalue weighted by Crippen LogP contribution is 2.39. The summed E-state index contributed by atoms with van der Waals surface area (Å²) in [6, 6.07) is 27.8. The third kappa shape index (κ3) is 5.42. The predicted molar refractivity (Wildman–Crippen MR) is 171 cm³/mol. The van der Waals surface area contributed by atoms with E-state index < -0.39 is 0 Å². The standard InChI is InChI=1S/C34H31BrN4O3/c1-2-17-38(26-9-4-3-5-10-26)34(42)24-15-16-31(29(19-24)36-33(41)27-11-6-7-12-28(27)35)37-20-23-18-25(22-37)30-13-8-14-32(40)39(30)21-23/h2-16,19,23,25H,1,17-18,20-22H2,(H,36,41). The van der Waals surface area contributed by atoms with E-state index in [4.69, 9.17) is 0 Å². The minimum Gasteiger partial charge on any atom is -0.369 e. The summed E-state index contributed by atoms with van der Waals surface area (Å²) < 4.78 is 2.60. The number of hydrogen-bond donors (Lipinski definition) is 1. The number of amides is 2. The van der Waals surface area contributed by atoms with Crippen molar-refractivity contribution in [2.75, 3.05) is 34.8 Å². The number of piperidine rings is 1. The zero-order chi connectivity index (χ0) is 29.2. The lowest BCUT2D eigenvalue weighted by Crippen LogP contribution is -2.47. The number of fused-ring (bicyclic) bond motifs is 4. The van der Waals surface area contributed by atoms with Crippen LogP contribution in [0.5, 0.6) is 0 Å². The lowest BCUT2D eigenvalue weighted by atomic mass is 9.83. The summed E-state index contributed by atoms with van der Waals surface area (Å²) in [4.78, 5) is 43.8. The molecule has 0 saturated carbocycles. The molecule has 1 saturated heterocycles. The van der Waals surface area contributed by atoms with E-state index in [9.17, 15) is 14.4 Å². The van der Waals surface area contributed by atoms with Gasteiger partial charge in [0.05, 0.1) is 16.9 Å². The van der Waals surface area contributed by atoms with Crippen LogP contribution in [0.4, 0.5) is 17.1 Å². The van der Waals surface area contributed by atoms with Crippen LogP contribution in [0.15, 0.2) is 113 Å². The van der Waals surface area contributed by atoms with Gasteiger partial charge in [-0.1, -0.05) is 42.5 Å². The van der Waals surface area contributed by atoms with Gasteiger partial charge in [-0.2, -0.15) is 0 Å². The molecule has 2 bridgehead atoms. The second-order valence-corrected chi connectivity index (χ2v) is 11.7. The Morgan fingerprint density at radius 1 is 0.952 bits per heavy atom. The minimum absolute atomic E-state index is 0.0439. The maximum atomic E-state index is 13.8. The van der Waals surface area contributed by atoms with E-state index in [2.05, 4.69) is 32.7 Å². The lowest BCUT2D eigenvalue weighted by molar-refractivity contribution is 0.0987. The first-order valence-electron chi connectivity index (χ1n) is 14.1. The van der Waals surface area contributed by atoms with Crippen LogP contribution >= 0.6 is 15.9 Å². The molecule has 2 atom stereocenters. The molecular formula is C34H31BrN4O3. The predicted octanol–water partition coefficient (Wildman–Crippen LogP) is 6.32. The summed E-state index contributed by atoms with van der Waals surface area (Å²) in [5, 5.41) is 3.11. The zero-order valence-electron chi connectivity index (χ0n) is 23.1. The number of hydrogen-bond acceptors (Lipinski definition) is 4. The van der Waals surface area contributed by atoms with Crippen molar-refractivity contribution in [2.24, 2.45) is 5.92 Å². The Labute approximate surface area is 253 Å². The van der Waals surface area contributed by atoms with Crippen molar-refractivity contribution in [2.45, 2.75) is 18.9 Å². The average molecular weight is 624 g/mol. The Hall–Kier alpha value is -4.43. The number of nitrogens with one attached hydrogen (secondary N) is 1. The number of carbonyl (C=O) groups is 2. The molecule has 1 aromatic heterocycles. The number of halogens is 1. The van der Waals surface area contributed by atoms with Crippen LogP contribution in [0, 0.1) is 5.92 Å². The molecule has 1 N–H and O–H groups in total. The number of carbonyl (C=O) groups excluding carboxylic acids is 2. The van der Waals surface area contributed by atoms with Crippen molar-refractivity contribution in [1.82, 2.24) is 4.57 Å². The van der Waals surface area contributed by atoms with Gasteiger partial charge in [0.2, 0.25) is 0 Å². The molecule has 3 aromatic carbocycles. The molecule has 8 heteroatoms. The van der Waals surface area contributed by atoms with Gasteiger partial charge in [-0.3, -0.25) is 14.4 Å².